The molecule has 1 aliphatic rings. The molecule has 136 valence electrons. The van der Waals surface area contributed by atoms with E-state index in [1.165, 1.54) is 5.56 Å². The Morgan fingerprint density at radius 2 is 2.08 bits per heavy atom. The molecule has 0 saturated heterocycles. The lowest BCUT2D eigenvalue weighted by Gasteiger charge is -2.13. The highest BCUT2D eigenvalue weighted by atomic mass is 127. The van der Waals surface area contributed by atoms with E-state index in [0.717, 1.165) is 57.3 Å². The molecule has 0 fully saturated rings. The highest BCUT2D eigenvalue weighted by molar-refractivity contribution is 14.0. The van der Waals surface area contributed by atoms with Gasteiger partial charge in [0.25, 0.3) is 0 Å². The summed E-state index contributed by atoms with van der Waals surface area (Å²) in [5.41, 5.74) is 1.28. The number of ether oxygens (including phenoxy) is 2. The van der Waals surface area contributed by atoms with Crippen LogP contribution in [0.1, 0.15) is 32.3 Å². The van der Waals surface area contributed by atoms with Crippen molar-refractivity contribution in [2.45, 2.75) is 39.2 Å². The van der Waals surface area contributed by atoms with Gasteiger partial charge in [-0.1, -0.05) is 18.2 Å². The number of aliphatic imine (C=N–C) groups is 1. The number of benzene rings is 1. The largest absolute Gasteiger partial charge is 0.488 e. The molecule has 6 heteroatoms. The monoisotopic (exact) mass is 447 g/mol. The molecule has 2 N–H and O–H groups in total. The minimum absolute atomic E-state index is 0. The van der Waals surface area contributed by atoms with E-state index < -0.39 is 0 Å². The van der Waals surface area contributed by atoms with Gasteiger partial charge >= 0.3 is 0 Å². The fourth-order valence-electron chi connectivity index (χ4n) is 2.57. The number of rotatable bonds is 9. The van der Waals surface area contributed by atoms with Gasteiger partial charge in [0.05, 0.1) is 6.54 Å². The minimum Gasteiger partial charge on any atom is -0.488 e. The molecule has 0 aliphatic carbocycles. The zero-order valence-electron chi connectivity index (χ0n) is 14.7. The average molecular weight is 447 g/mol. The lowest BCUT2D eigenvalue weighted by molar-refractivity contribution is 0.143. The number of hydrogen-bond acceptors (Lipinski definition) is 3. The minimum atomic E-state index is 0. The van der Waals surface area contributed by atoms with E-state index in [0.29, 0.717) is 6.54 Å². The molecule has 1 unspecified atom stereocenters. The fourth-order valence-corrected chi connectivity index (χ4v) is 2.57. The maximum atomic E-state index is 5.93. The second-order valence-electron chi connectivity index (χ2n) is 5.60. The molecule has 0 aromatic heterocycles. The topological polar surface area (TPSA) is 54.9 Å². The van der Waals surface area contributed by atoms with E-state index in [1.54, 1.807) is 0 Å². The number of fused-ring (bicyclic) bond motifs is 1. The molecule has 0 bridgehead atoms. The lowest BCUT2D eigenvalue weighted by Crippen LogP contribution is -2.38. The van der Waals surface area contributed by atoms with Gasteiger partial charge in [-0.3, -0.25) is 0 Å². The van der Waals surface area contributed by atoms with Gasteiger partial charge in [-0.2, -0.15) is 0 Å². The quantitative estimate of drug-likeness (QED) is 0.265. The average Bonchev–Trinajstić information content (AvgIpc) is 2.98. The molecule has 1 atom stereocenters. The third-order valence-corrected chi connectivity index (χ3v) is 3.72. The first-order chi connectivity index (χ1) is 11.3. The van der Waals surface area contributed by atoms with E-state index in [-0.39, 0.29) is 30.1 Å². The Bertz CT molecular complexity index is 472. The van der Waals surface area contributed by atoms with Crippen LogP contribution in [0.5, 0.6) is 5.75 Å². The second-order valence-corrected chi connectivity index (χ2v) is 5.60. The van der Waals surface area contributed by atoms with Crippen LogP contribution in [-0.2, 0) is 11.2 Å². The van der Waals surface area contributed by atoms with E-state index in [4.69, 9.17) is 9.47 Å². The summed E-state index contributed by atoms with van der Waals surface area (Å²) in [6.07, 6.45) is 3.23. The zero-order valence-corrected chi connectivity index (χ0v) is 17.0. The van der Waals surface area contributed by atoms with Crippen molar-refractivity contribution in [3.05, 3.63) is 29.8 Å². The van der Waals surface area contributed by atoms with Crippen LogP contribution in [0, 0.1) is 0 Å². The Morgan fingerprint density at radius 3 is 2.83 bits per heavy atom. The van der Waals surface area contributed by atoms with Crippen LogP contribution in [0.25, 0.3) is 0 Å². The van der Waals surface area contributed by atoms with Crippen molar-refractivity contribution in [3.63, 3.8) is 0 Å². The van der Waals surface area contributed by atoms with E-state index in [1.807, 2.05) is 19.1 Å². The predicted octanol–water partition coefficient (Wildman–Crippen LogP) is 2.98. The highest BCUT2D eigenvalue weighted by Crippen LogP contribution is 2.28. The fraction of sp³-hybridized carbons (Fsp3) is 0.611. The van der Waals surface area contributed by atoms with Crippen molar-refractivity contribution < 1.29 is 9.47 Å². The standard InChI is InChI=1S/C18H29N3O2.HI/c1-3-19-18(20-11-7-8-12-22-4-2)21-14-16-13-15-9-5-6-10-17(15)23-16;/h5-6,9-10,16H,3-4,7-8,11-14H2,1-2H3,(H2,19,20,21);1H. The smallest absolute Gasteiger partial charge is 0.191 e. The van der Waals surface area contributed by atoms with Gasteiger partial charge in [0.15, 0.2) is 5.96 Å². The summed E-state index contributed by atoms with van der Waals surface area (Å²) in [6.45, 7) is 8.16. The van der Waals surface area contributed by atoms with Gasteiger partial charge in [0.2, 0.25) is 0 Å². The van der Waals surface area contributed by atoms with Crippen molar-refractivity contribution in [1.82, 2.24) is 10.6 Å². The van der Waals surface area contributed by atoms with Crippen LogP contribution in [0.15, 0.2) is 29.3 Å². The SMILES string of the molecule is CCNC(=NCC1Cc2ccccc2O1)NCCCCOCC.I. The van der Waals surface area contributed by atoms with Crippen LogP contribution >= 0.6 is 24.0 Å². The molecule has 2 rings (SSSR count). The van der Waals surface area contributed by atoms with Crippen LogP contribution in [0.2, 0.25) is 0 Å². The van der Waals surface area contributed by atoms with Crippen molar-refractivity contribution in [3.8, 4) is 5.75 Å². The molecule has 0 spiro atoms. The van der Waals surface area contributed by atoms with Gasteiger partial charge in [0.1, 0.15) is 11.9 Å². The summed E-state index contributed by atoms with van der Waals surface area (Å²) in [5, 5.41) is 6.65. The molecule has 24 heavy (non-hydrogen) atoms. The Morgan fingerprint density at radius 1 is 1.25 bits per heavy atom. The third-order valence-electron chi connectivity index (χ3n) is 3.72. The van der Waals surface area contributed by atoms with Crippen molar-refractivity contribution in [2.24, 2.45) is 4.99 Å². The Labute approximate surface area is 162 Å². The van der Waals surface area contributed by atoms with Crippen LogP contribution in [0.3, 0.4) is 0 Å². The molecule has 0 amide bonds. The summed E-state index contributed by atoms with van der Waals surface area (Å²) in [6, 6.07) is 8.22. The van der Waals surface area contributed by atoms with Crippen LogP contribution in [-0.4, -0.2) is 44.9 Å². The molecule has 0 radical (unpaired) electrons. The third kappa shape index (κ3) is 7.25. The van der Waals surface area contributed by atoms with E-state index in [9.17, 15) is 0 Å². The van der Waals surface area contributed by atoms with E-state index in [2.05, 4.69) is 34.7 Å². The van der Waals surface area contributed by atoms with E-state index >= 15 is 0 Å². The summed E-state index contributed by atoms with van der Waals surface area (Å²) in [7, 11) is 0. The molecule has 0 saturated carbocycles. The Balaban J connectivity index is 0.00000288. The van der Waals surface area contributed by atoms with Crippen molar-refractivity contribution in [1.29, 1.82) is 0 Å². The molecule has 1 aromatic rings. The maximum Gasteiger partial charge on any atom is 0.191 e. The van der Waals surface area contributed by atoms with Gasteiger partial charge in [0, 0.05) is 32.7 Å². The molecule has 1 aliphatic heterocycles. The van der Waals surface area contributed by atoms with Crippen LogP contribution < -0.4 is 15.4 Å². The van der Waals surface area contributed by atoms with Gasteiger partial charge in [-0.05, 0) is 38.3 Å². The molecule has 1 aromatic carbocycles. The summed E-state index contributed by atoms with van der Waals surface area (Å²) in [4.78, 5) is 4.65. The maximum absolute atomic E-state index is 5.93. The number of nitrogens with one attached hydrogen (secondary N) is 2. The number of guanidine groups is 1. The molecular formula is C18H30IN3O2. The zero-order chi connectivity index (χ0) is 16.3. The van der Waals surface area contributed by atoms with Gasteiger partial charge in [-0.25, -0.2) is 4.99 Å². The van der Waals surface area contributed by atoms with Gasteiger partial charge in [-0.15, -0.1) is 24.0 Å². The Hall–Kier alpha value is -1.02. The predicted molar refractivity (Wildman–Crippen MR) is 110 cm³/mol. The second kappa shape index (κ2) is 12.4. The first kappa shape index (κ1) is 21.0. The number of para-hydroxylation sites is 1. The van der Waals surface area contributed by atoms with Crippen LogP contribution in [0.4, 0.5) is 0 Å². The number of halogens is 1. The summed E-state index contributed by atoms with van der Waals surface area (Å²) < 4.78 is 11.3. The molecule has 1 heterocycles. The lowest BCUT2D eigenvalue weighted by atomic mass is 10.1. The molecule has 5 nitrogen and oxygen atoms in total. The molecular weight excluding hydrogens is 417 g/mol. The normalized spacial score (nSPS) is 16.1. The summed E-state index contributed by atoms with van der Waals surface area (Å²) in [5.74, 6) is 1.87. The van der Waals surface area contributed by atoms with Crippen molar-refractivity contribution >= 4 is 29.9 Å². The summed E-state index contributed by atoms with van der Waals surface area (Å²) >= 11 is 0. The first-order valence-corrected chi connectivity index (χ1v) is 8.68. The number of hydrogen-bond donors (Lipinski definition) is 2. The van der Waals surface area contributed by atoms with Crippen molar-refractivity contribution in [2.75, 3.05) is 32.8 Å². The number of unbranched alkanes of at least 4 members (excludes halogenated alkanes) is 1. The van der Waals surface area contributed by atoms with Gasteiger partial charge < -0.3 is 20.1 Å². The first-order valence-electron chi connectivity index (χ1n) is 8.68. The number of nitrogens with zero attached hydrogens (tertiary/aromatic N) is 1. The highest BCUT2D eigenvalue weighted by Gasteiger charge is 2.21. The Kier molecular flexibility index (Phi) is 10.8.